The largest absolute Gasteiger partial charge is 0.492 e. The van der Waals surface area contributed by atoms with Crippen LogP contribution in [0.5, 0.6) is 5.75 Å². The molecular weight excluding hydrogens is 337 g/mol. The van der Waals surface area contributed by atoms with Gasteiger partial charge in [0.25, 0.3) is 0 Å². The van der Waals surface area contributed by atoms with Gasteiger partial charge in [-0.15, -0.1) is 0 Å². The normalized spacial score (nSPS) is 12.7. The van der Waals surface area contributed by atoms with E-state index in [1.165, 1.54) is 12.1 Å². The van der Waals surface area contributed by atoms with Crippen molar-refractivity contribution in [1.82, 2.24) is 20.4 Å². The highest BCUT2D eigenvalue weighted by molar-refractivity contribution is 5.82. The number of ether oxygens (including phenoxy) is 1. The molecule has 2 aromatic rings. The molecule has 1 atom stereocenters. The third-order valence-electron chi connectivity index (χ3n) is 3.46. The lowest BCUT2D eigenvalue weighted by atomic mass is 10.1. The van der Waals surface area contributed by atoms with Crippen LogP contribution in [0.3, 0.4) is 0 Å². The average molecular weight is 356 g/mol. The number of hydrogen-bond acceptors (Lipinski definition) is 4. The zero-order chi connectivity index (χ0) is 18.4. The second-order valence-corrected chi connectivity index (χ2v) is 5.33. The third-order valence-corrected chi connectivity index (χ3v) is 3.46. The molecular formula is C16H19F3N4O2. The SMILES string of the molecule is CNC(C(=O)NCCOc1ccc(C(F)(F)F)cc1)c1cnn(C)c1. The second-order valence-electron chi connectivity index (χ2n) is 5.33. The number of benzene rings is 1. The van der Waals surface area contributed by atoms with Crippen LogP contribution in [0.2, 0.25) is 0 Å². The van der Waals surface area contributed by atoms with Crippen LogP contribution in [0, 0.1) is 0 Å². The zero-order valence-corrected chi connectivity index (χ0v) is 13.8. The van der Waals surface area contributed by atoms with Gasteiger partial charge in [-0.1, -0.05) is 0 Å². The highest BCUT2D eigenvalue weighted by Gasteiger charge is 2.30. The number of nitrogens with one attached hydrogen (secondary N) is 2. The van der Waals surface area contributed by atoms with E-state index < -0.39 is 17.8 Å². The molecule has 0 saturated heterocycles. The number of hydrogen-bond donors (Lipinski definition) is 2. The standard InChI is InChI=1S/C16H19F3N4O2/c1-20-14(11-9-22-23(2)10-11)15(24)21-7-8-25-13-5-3-12(4-6-13)16(17,18)19/h3-6,9-10,14,20H,7-8H2,1-2H3,(H,21,24). The first kappa shape index (κ1) is 18.8. The van der Waals surface area contributed by atoms with Crippen molar-refractivity contribution in [3.05, 3.63) is 47.8 Å². The Morgan fingerprint density at radius 2 is 2.00 bits per heavy atom. The van der Waals surface area contributed by atoms with Gasteiger partial charge in [0.05, 0.1) is 18.3 Å². The summed E-state index contributed by atoms with van der Waals surface area (Å²) in [6.45, 7) is 0.360. The van der Waals surface area contributed by atoms with Crippen molar-refractivity contribution in [3.63, 3.8) is 0 Å². The number of aromatic nitrogens is 2. The molecule has 0 saturated carbocycles. The van der Waals surface area contributed by atoms with Gasteiger partial charge >= 0.3 is 6.18 Å². The van der Waals surface area contributed by atoms with E-state index in [4.69, 9.17) is 4.74 Å². The van der Waals surface area contributed by atoms with E-state index in [9.17, 15) is 18.0 Å². The molecule has 1 amide bonds. The number of carbonyl (C=O) groups is 1. The molecule has 136 valence electrons. The first-order chi connectivity index (χ1) is 11.8. The van der Waals surface area contributed by atoms with Crippen molar-refractivity contribution in [1.29, 1.82) is 0 Å². The van der Waals surface area contributed by atoms with Gasteiger partial charge in [0.15, 0.2) is 0 Å². The summed E-state index contributed by atoms with van der Waals surface area (Å²) >= 11 is 0. The van der Waals surface area contributed by atoms with Gasteiger partial charge in [-0.2, -0.15) is 18.3 Å². The molecule has 0 aliphatic carbocycles. The summed E-state index contributed by atoms with van der Waals surface area (Å²) in [5.74, 6) is 0.0613. The third kappa shape index (κ3) is 5.21. The van der Waals surface area contributed by atoms with E-state index >= 15 is 0 Å². The number of carbonyl (C=O) groups excluding carboxylic acids is 1. The maximum absolute atomic E-state index is 12.5. The molecule has 1 aromatic heterocycles. The number of nitrogens with zero attached hydrogens (tertiary/aromatic N) is 2. The zero-order valence-electron chi connectivity index (χ0n) is 13.8. The quantitative estimate of drug-likeness (QED) is 0.744. The van der Waals surface area contributed by atoms with Crippen LogP contribution in [0.15, 0.2) is 36.7 Å². The van der Waals surface area contributed by atoms with E-state index in [0.717, 1.165) is 17.7 Å². The molecule has 1 unspecified atom stereocenters. The van der Waals surface area contributed by atoms with Crippen LogP contribution >= 0.6 is 0 Å². The number of halogens is 3. The van der Waals surface area contributed by atoms with Crippen LogP contribution in [-0.2, 0) is 18.0 Å². The van der Waals surface area contributed by atoms with Crippen LogP contribution in [0.25, 0.3) is 0 Å². The van der Waals surface area contributed by atoms with Crippen molar-refractivity contribution < 1.29 is 22.7 Å². The number of rotatable bonds is 7. The summed E-state index contributed by atoms with van der Waals surface area (Å²) in [7, 11) is 3.42. The lowest BCUT2D eigenvalue weighted by molar-refractivity contribution is -0.137. The Bertz CT molecular complexity index is 698. The molecule has 25 heavy (non-hydrogen) atoms. The lowest BCUT2D eigenvalue weighted by Gasteiger charge is -2.15. The number of alkyl halides is 3. The summed E-state index contributed by atoms with van der Waals surface area (Å²) in [5, 5.41) is 9.62. The Balaban J connectivity index is 1.79. The summed E-state index contributed by atoms with van der Waals surface area (Å²) in [5.41, 5.74) is -0.00681. The summed E-state index contributed by atoms with van der Waals surface area (Å²) in [6.07, 6.45) is -1.04. The fourth-order valence-corrected chi connectivity index (χ4v) is 2.22. The van der Waals surface area contributed by atoms with E-state index in [0.29, 0.717) is 5.75 Å². The molecule has 1 heterocycles. The van der Waals surface area contributed by atoms with Gasteiger partial charge < -0.3 is 15.4 Å². The van der Waals surface area contributed by atoms with Crippen molar-refractivity contribution >= 4 is 5.91 Å². The smallest absolute Gasteiger partial charge is 0.416 e. The average Bonchev–Trinajstić information content (AvgIpc) is 2.98. The van der Waals surface area contributed by atoms with Crippen LogP contribution < -0.4 is 15.4 Å². The highest BCUT2D eigenvalue weighted by atomic mass is 19.4. The Morgan fingerprint density at radius 1 is 1.32 bits per heavy atom. The molecule has 2 rings (SSSR count). The molecule has 0 fully saturated rings. The van der Waals surface area contributed by atoms with Crippen molar-refractivity contribution in [2.75, 3.05) is 20.2 Å². The minimum absolute atomic E-state index is 0.139. The molecule has 0 aliphatic heterocycles. The molecule has 6 nitrogen and oxygen atoms in total. The Kier molecular flexibility index (Phi) is 6.02. The van der Waals surface area contributed by atoms with E-state index in [1.807, 2.05) is 0 Å². The van der Waals surface area contributed by atoms with Crippen molar-refractivity contribution in [3.8, 4) is 5.75 Å². The molecule has 0 spiro atoms. The summed E-state index contributed by atoms with van der Waals surface area (Å²) in [4.78, 5) is 12.2. The highest BCUT2D eigenvalue weighted by Crippen LogP contribution is 2.30. The van der Waals surface area contributed by atoms with E-state index in [2.05, 4.69) is 15.7 Å². The molecule has 0 aliphatic rings. The van der Waals surface area contributed by atoms with Gasteiger partial charge in [-0.05, 0) is 31.3 Å². The van der Waals surface area contributed by atoms with E-state index in [-0.39, 0.29) is 19.1 Å². The monoisotopic (exact) mass is 356 g/mol. The summed E-state index contributed by atoms with van der Waals surface area (Å²) < 4.78 is 44.3. The first-order valence-corrected chi connectivity index (χ1v) is 7.55. The number of likely N-dealkylation sites (N-methyl/N-ethyl adjacent to an activating group) is 1. The predicted molar refractivity (Wildman–Crippen MR) is 85.0 cm³/mol. The first-order valence-electron chi connectivity index (χ1n) is 7.55. The van der Waals surface area contributed by atoms with Crippen LogP contribution in [0.1, 0.15) is 17.2 Å². The second kappa shape index (κ2) is 8.02. The Labute approximate surface area is 143 Å². The van der Waals surface area contributed by atoms with Crippen LogP contribution in [-0.4, -0.2) is 35.9 Å². The van der Waals surface area contributed by atoms with Gasteiger partial charge in [-0.3, -0.25) is 9.48 Å². The number of amides is 1. The van der Waals surface area contributed by atoms with Gasteiger partial charge in [0.1, 0.15) is 18.4 Å². The van der Waals surface area contributed by atoms with Crippen LogP contribution in [0.4, 0.5) is 13.2 Å². The van der Waals surface area contributed by atoms with Gasteiger partial charge in [0, 0.05) is 18.8 Å². The Morgan fingerprint density at radius 3 is 2.52 bits per heavy atom. The molecule has 9 heteroatoms. The fourth-order valence-electron chi connectivity index (χ4n) is 2.22. The molecule has 2 N–H and O–H groups in total. The van der Waals surface area contributed by atoms with Gasteiger partial charge in [0.2, 0.25) is 5.91 Å². The fraction of sp³-hybridized carbons (Fsp3) is 0.375. The van der Waals surface area contributed by atoms with Crippen molar-refractivity contribution in [2.24, 2.45) is 7.05 Å². The minimum atomic E-state index is -4.37. The molecule has 1 aromatic carbocycles. The topological polar surface area (TPSA) is 68.2 Å². The predicted octanol–water partition coefficient (Wildman–Crippen LogP) is 1.89. The minimum Gasteiger partial charge on any atom is -0.492 e. The van der Waals surface area contributed by atoms with E-state index in [1.54, 1.807) is 31.2 Å². The number of aryl methyl sites for hydroxylation is 1. The van der Waals surface area contributed by atoms with Crippen molar-refractivity contribution in [2.45, 2.75) is 12.2 Å². The summed E-state index contributed by atoms with van der Waals surface area (Å²) in [6, 6.07) is 3.86. The lowest BCUT2D eigenvalue weighted by Crippen LogP contribution is -2.37. The maximum Gasteiger partial charge on any atom is 0.416 e. The Hall–Kier alpha value is -2.55. The molecule has 0 bridgehead atoms. The maximum atomic E-state index is 12.5. The molecule has 0 radical (unpaired) electrons. The van der Waals surface area contributed by atoms with Gasteiger partial charge in [-0.25, -0.2) is 0 Å².